The molecule has 0 amide bonds. The molecule has 0 aromatic carbocycles. The average Bonchev–Trinajstić information content (AvgIpc) is 2.40. The Bertz CT molecular complexity index is 274. The number of rotatable bonds is 3. The molecule has 0 aromatic heterocycles. The summed E-state index contributed by atoms with van der Waals surface area (Å²) in [4.78, 5) is 21.7. The van der Waals surface area contributed by atoms with Gasteiger partial charge in [-0.25, -0.2) is 0 Å². The standard InChI is InChI=1S/C14H22O4/c1-9-3-5-11(7-15)17-13(9)14-10(2)4-6-12(8-16)18-14/h7-14H,3-6H2,1-2H3/t9-,10-,11+,12+,13-,14-/m0/s1. The molecule has 4 nitrogen and oxygen atoms in total. The van der Waals surface area contributed by atoms with Gasteiger partial charge in [-0.2, -0.15) is 0 Å². The molecular formula is C14H22O4. The quantitative estimate of drug-likeness (QED) is 0.720. The van der Waals surface area contributed by atoms with Crippen LogP contribution >= 0.6 is 0 Å². The zero-order valence-electron chi connectivity index (χ0n) is 11.1. The molecule has 0 saturated carbocycles. The second kappa shape index (κ2) is 5.93. The van der Waals surface area contributed by atoms with Crippen LogP contribution in [0.15, 0.2) is 0 Å². The summed E-state index contributed by atoms with van der Waals surface area (Å²) < 4.78 is 11.7. The first-order valence-electron chi connectivity index (χ1n) is 6.87. The minimum atomic E-state index is -0.307. The zero-order valence-corrected chi connectivity index (χ0v) is 11.1. The molecule has 2 rings (SSSR count). The minimum Gasteiger partial charge on any atom is -0.365 e. The topological polar surface area (TPSA) is 52.6 Å². The lowest BCUT2D eigenvalue weighted by Crippen LogP contribution is -2.50. The van der Waals surface area contributed by atoms with Crippen LogP contribution in [0.1, 0.15) is 39.5 Å². The molecule has 4 heteroatoms. The third-order valence-electron chi connectivity index (χ3n) is 4.23. The van der Waals surface area contributed by atoms with Gasteiger partial charge in [0.2, 0.25) is 0 Å². The van der Waals surface area contributed by atoms with Crippen LogP contribution in [-0.2, 0) is 19.1 Å². The molecular weight excluding hydrogens is 232 g/mol. The second-order valence-electron chi connectivity index (χ2n) is 5.66. The molecule has 0 spiro atoms. The van der Waals surface area contributed by atoms with Crippen LogP contribution in [0.4, 0.5) is 0 Å². The zero-order chi connectivity index (χ0) is 13.1. The van der Waals surface area contributed by atoms with Gasteiger partial charge in [-0.05, 0) is 37.5 Å². The maximum Gasteiger partial charge on any atom is 0.148 e. The van der Waals surface area contributed by atoms with Crippen molar-refractivity contribution in [2.24, 2.45) is 11.8 Å². The van der Waals surface area contributed by atoms with Gasteiger partial charge in [0.05, 0.1) is 12.2 Å². The fourth-order valence-electron chi connectivity index (χ4n) is 2.99. The van der Waals surface area contributed by atoms with Gasteiger partial charge >= 0.3 is 0 Å². The van der Waals surface area contributed by atoms with Crippen molar-refractivity contribution in [3.63, 3.8) is 0 Å². The van der Waals surface area contributed by atoms with Crippen LogP contribution in [0, 0.1) is 11.8 Å². The Labute approximate surface area is 108 Å². The smallest absolute Gasteiger partial charge is 0.148 e. The molecule has 18 heavy (non-hydrogen) atoms. The summed E-state index contributed by atoms with van der Waals surface area (Å²) in [6, 6.07) is 0. The van der Waals surface area contributed by atoms with E-state index >= 15 is 0 Å². The normalized spacial score (nSPS) is 45.4. The summed E-state index contributed by atoms with van der Waals surface area (Å²) in [6.07, 6.45) is 4.56. The van der Waals surface area contributed by atoms with Crippen LogP contribution in [0.3, 0.4) is 0 Å². The van der Waals surface area contributed by atoms with Crippen molar-refractivity contribution in [1.82, 2.24) is 0 Å². The van der Waals surface area contributed by atoms with E-state index < -0.39 is 0 Å². The molecule has 6 atom stereocenters. The monoisotopic (exact) mass is 254 g/mol. The summed E-state index contributed by atoms with van der Waals surface area (Å²) in [5.41, 5.74) is 0. The Morgan fingerprint density at radius 1 is 0.778 bits per heavy atom. The van der Waals surface area contributed by atoms with Gasteiger partial charge in [-0.1, -0.05) is 13.8 Å². The van der Waals surface area contributed by atoms with Crippen molar-refractivity contribution in [2.75, 3.05) is 0 Å². The number of carbonyl (C=O) groups excluding carboxylic acids is 2. The van der Waals surface area contributed by atoms with Crippen LogP contribution in [0.5, 0.6) is 0 Å². The van der Waals surface area contributed by atoms with Gasteiger partial charge < -0.3 is 19.1 Å². The molecule has 0 unspecified atom stereocenters. The lowest BCUT2D eigenvalue weighted by molar-refractivity contribution is -0.188. The number of hydrogen-bond donors (Lipinski definition) is 0. The maximum absolute atomic E-state index is 10.9. The number of hydrogen-bond acceptors (Lipinski definition) is 4. The Morgan fingerprint density at radius 3 is 1.50 bits per heavy atom. The highest BCUT2D eigenvalue weighted by Gasteiger charge is 2.40. The lowest BCUT2D eigenvalue weighted by Gasteiger charge is -2.43. The molecule has 2 saturated heterocycles. The van der Waals surface area contributed by atoms with Gasteiger partial charge in [-0.3, -0.25) is 0 Å². The van der Waals surface area contributed by atoms with Crippen molar-refractivity contribution in [3.05, 3.63) is 0 Å². The van der Waals surface area contributed by atoms with Crippen molar-refractivity contribution >= 4 is 12.6 Å². The lowest BCUT2D eigenvalue weighted by atomic mass is 9.82. The molecule has 0 bridgehead atoms. The summed E-state index contributed by atoms with van der Waals surface area (Å²) in [7, 11) is 0. The molecule has 0 aliphatic carbocycles. The highest BCUT2D eigenvalue weighted by Crippen LogP contribution is 2.35. The van der Waals surface area contributed by atoms with Gasteiger partial charge in [0.1, 0.15) is 24.8 Å². The Kier molecular flexibility index (Phi) is 4.51. The maximum atomic E-state index is 10.9. The number of aldehydes is 2. The minimum absolute atomic E-state index is 0.0632. The molecule has 2 fully saturated rings. The van der Waals surface area contributed by atoms with E-state index in [1.165, 1.54) is 0 Å². The summed E-state index contributed by atoms with van der Waals surface area (Å²) in [5.74, 6) is 0.748. The molecule has 0 aromatic rings. The van der Waals surface area contributed by atoms with Crippen LogP contribution in [0.25, 0.3) is 0 Å². The largest absolute Gasteiger partial charge is 0.365 e. The van der Waals surface area contributed by atoms with E-state index in [9.17, 15) is 9.59 Å². The van der Waals surface area contributed by atoms with Crippen LogP contribution < -0.4 is 0 Å². The van der Waals surface area contributed by atoms with Gasteiger partial charge in [-0.15, -0.1) is 0 Å². The van der Waals surface area contributed by atoms with Crippen LogP contribution in [0.2, 0.25) is 0 Å². The Balaban J connectivity index is 2.06. The van der Waals surface area contributed by atoms with E-state index in [2.05, 4.69) is 13.8 Å². The van der Waals surface area contributed by atoms with E-state index in [0.29, 0.717) is 11.8 Å². The summed E-state index contributed by atoms with van der Waals surface area (Å²) >= 11 is 0. The molecule has 2 aliphatic rings. The number of carbonyl (C=O) groups is 2. The Morgan fingerprint density at radius 2 is 1.17 bits per heavy atom. The highest BCUT2D eigenvalue weighted by molar-refractivity contribution is 5.56. The van der Waals surface area contributed by atoms with Gasteiger partial charge in [0.15, 0.2) is 0 Å². The predicted molar refractivity (Wildman–Crippen MR) is 66.2 cm³/mol. The van der Waals surface area contributed by atoms with Crippen LogP contribution in [-0.4, -0.2) is 37.0 Å². The van der Waals surface area contributed by atoms with E-state index in [-0.39, 0.29) is 24.4 Å². The van der Waals surface area contributed by atoms with E-state index in [1.54, 1.807) is 0 Å². The third kappa shape index (κ3) is 2.81. The molecule has 0 radical (unpaired) electrons. The summed E-state index contributed by atoms with van der Waals surface area (Å²) in [5, 5.41) is 0. The first-order chi connectivity index (χ1) is 8.65. The van der Waals surface area contributed by atoms with E-state index in [4.69, 9.17) is 9.47 Å². The Hall–Kier alpha value is -0.740. The molecule has 2 aliphatic heterocycles. The predicted octanol–water partition coefficient (Wildman–Crippen LogP) is 1.75. The molecule has 102 valence electrons. The van der Waals surface area contributed by atoms with Crippen molar-refractivity contribution in [2.45, 2.75) is 63.9 Å². The molecule has 2 heterocycles. The summed E-state index contributed by atoms with van der Waals surface area (Å²) in [6.45, 7) is 4.26. The first kappa shape index (κ1) is 13.7. The van der Waals surface area contributed by atoms with E-state index in [1.807, 2.05) is 0 Å². The van der Waals surface area contributed by atoms with Crippen molar-refractivity contribution < 1.29 is 19.1 Å². The SMILES string of the molecule is C[C@H]1CC[C@H](C=O)O[C@@H]1[C@H]1O[C@@H](C=O)CC[C@@H]1C. The highest BCUT2D eigenvalue weighted by atomic mass is 16.6. The van der Waals surface area contributed by atoms with E-state index in [0.717, 1.165) is 38.3 Å². The first-order valence-corrected chi connectivity index (χ1v) is 6.87. The fourth-order valence-corrected chi connectivity index (χ4v) is 2.99. The van der Waals surface area contributed by atoms with Crippen molar-refractivity contribution in [3.8, 4) is 0 Å². The molecule has 0 N–H and O–H groups in total. The fraction of sp³-hybridized carbons (Fsp3) is 0.857. The second-order valence-corrected chi connectivity index (χ2v) is 5.66. The van der Waals surface area contributed by atoms with Gasteiger partial charge in [0, 0.05) is 0 Å². The average molecular weight is 254 g/mol. The third-order valence-corrected chi connectivity index (χ3v) is 4.23. The van der Waals surface area contributed by atoms with Crippen molar-refractivity contribution in [1.29, 1.82) is 0 Å². The number of ether oxygens (including phenoxy) is 2. The van der Waals surface area contributed by atoms with Gasteiger partial charge in [0.25, 0.3) is 0 Å².